The summed E-state index contributed by atoms with van der Waals surface area (Å²) in [7, 11) is 0. The first-order chi connectivity index (χ1) is 6.77. The van der Waals surface area contributed by atoms with Gasteiger partial charge in [0, 0.05) is 19.6 Å². The minimum absolute atomic E-state index is 0. The van der Waals surface area contributed by atoms with E-state index in [1.807, 2.05) is 0 Å². The summed E-state index contributed by atoms with van der Waals surface area (Å²) in [5, 5.41) is 3.53. The topological polar surface area (TPSA) is 15.3 Å². The van der Waals surface area contributed by atoms with E-state index in [2.05, 4.69) is 17.1 Å². The minimum atomic E-state index is 0. The number of hydrogen-bond donors (Lipinski definition) is 1. The molecule has 0 aromatic rings. The van der Waals surface area contributed by atoms with E-state index in [1.54, 1.807) is 0 Å². The van der Waals surface area contributed by atoms with Crippen molar-refractivity contribution in [1.82, 2.24) is 10.2 Å². The van der Waals surface area contributed by atoms with Crippen molar-refractivity contribution < 1.29 is 0 Å². The van der Waals surface area contributed by atoms with Crippen LogP contribution in [0.3, 0.4) is 0 Å². The maximum atomic E-state index is 3.53. The summed E-state index contributed by atoms with van der Waals surface area (Å²) in [5.41, 5.74) is 0.679. The average molecular weight is 231 g/mol. The maximum absolute atomic E-state index is 3.53. The highest BCUT2D eigenvalue weighted by Gasteiger charge is 2.42. The Morgan fingerprint density at radius 1 is 1.40 bits per heavy atom. The van der Waals surface area contributed by atoms with Crippen molar-refractivity contribution in [2.75, 3.05) is 32.7 Å². The summed E-state index contributed by atoms with van der Waals surface area (Å²) in [4.78, 5) is 2.72. The molecule has 2 nitrogen and oxygen atoms in total. The summed E-state index contributed by atoms with van der Waals surface area (Å²) in [6.07, 6.45) is 4.35. The average Bonchev–Trinajstić information content (AvgIpc) is 2.66. The fraction of sp³-hybridized carbons (Fsp3) is 1.00. The minimum Gasteiger partial charge on any atom is -0.316 e. The molecule has 3 fully saturated rings. The lowest BCUT2D eigenvalue weighted by Gasteiger charge is -2.22. The fourth-order valence-corrected chi connectivity index (χ4v) is 3.31. The molecule has 2 aliphatic heterocycles. The molecule has 3 heteroatoms. The third-order valence-corrected chi connectivity index (χ3v) is 4.62. The van der Waals surface area contributed by atoms with Crippen LogP contribution < -0.4 is 5.32 Å². The molecule has 1 spiro atoms. The van der Waals surface area contributed by atoms with Crippen LogP contribution in [0.4, 0.5) is 0 Å². The largest absolute Gasteiger partial charge is 0.316 e. The summed E-state index contributed by atoms with van der Waals surface area (Å²) in [6.45, 7) is 9.07. The van der Waals surface area contributed by atoms with Gasteiger partial charge in [0.1, 0.15) is 0 Å². The van der Waals surface area contributed by atoms with E-state index in [4.69, 9.17) is 0 Å². The van der Waals surface area contributed by atoms with Crippen LogP contribution >= 0.6 is 12.4 Å². The van der Waals surface area contributed by atoms with Crippen molar-refractivity contribution in [3.8, 4) is 0 Å². The Labute approximate surface area is 99.2 Å². The molecule has 3 unspecified atom stereocenters. The smallest absolute Gasteiger partial charge is 0.00512 e. The molecule has 15 heavy (non-hydrogen) atoms. The SMILES string of the molecule is CC1CC1CN1CCC2(CCNC2)C1.Cl. The highest BCUT2D eigenvalue weighted by Crippen LogP contribution is 2.41. The summed E-state index contributed by atoms with van der Waals surface area (Å²) in [5.74, 6) is 2.06. The van der Waals surface area contributed by atoms with E-state index in [0.717, 1.165) is 11.8 Å². The van der Waals surface area contributed by atoms with E-state index >= 15 is 0 Å². The molecule has 0 aromatic heterocycles. The number of nitrogens with zero attached hydrogens (tertiary/aromatic N) is 1. The van der Waals surface area contributed by atoms with Gasteiger partial charge < -0.3 is 10.2 Å². The van der Waals surface area contributed by atoms with Crippen LogP contribution in [0, 0.1) is 17.3 Å². The molecule has 3 aliphatic rings. The molecule has 88 valence electrons. The highest BCUT2D eigenvalue weighted by atomic mass is 35.5. The van der Waals surface area contributed by atoms with Gasteiger partial charge in [-0.15, -0.1) is 12.4 Å². The molecular weight excluding hydrogens is 208 g/mol. The molecule has 0 aromatic carbocycles. The molecule has 3 atom stereocenters. The van der Waals surface area contributed by atoms with Gasteiger partial charge in [-0.25, -0.2) is 0 Å². The van der Waals surface area contributed by atoms with Gasteiger partial charge in [0.05, 0.1) is 0 Å². The fourth-order valence-electron chi connectivity index (χ4n) is 3.31. The molecule has 1 saturated carbocycles. The molecule has 1 aliphatic carbocycles. The molecule has 0 bridgehead atoms. The number of halogens is 1. The van der Waals surface area contributed by atoms with E-state index in [1.165, 1.54) is 52.0 Å². The number of rotatable bonds is 2. The van der Waals surface area contributed by atoms with Gasteiger partial charge in [-0.1, -0.05) is 6.92 Å². The predicted molar refractivity (Wildman–Crippen MR) is 65.5 cm³/mol. The van der Waals surface area contributed by atoms with Crippen molar-refractivity contribution in [3.05, 3.63) is 0 Å². The van der Waals surface area contributed by atoms with Crippen molar-refractivity contribution in [2.24, 2.45) is 17.3 Å². The number of hydrogen-bond acceptors (Lipinski definition) is 2. The molecule has 0 radical (unpaired) electrons. The second-order valence-electron chi connectivity index (χ2n) is 5.88. The van der Waals surface area contributed by atoms with Crippen LogP contribution in [0.1, 0.15) is 26.2 Å². The second kappa shape index (κ2) is 4.23. The summed E-state index contributed by atoms with van der Waals surface area (Å²) in [6, 6.07) is 0. The van der Waals surface area contributed by atoms with Crippen molar-refractivity contribution in [1.29, 1.82) is 0 Å². The zero-order valence-electron chi connectivity index (χ0n) is 9.67. The van der Waals surface area contributed by atoms with Gasteiger partial charge in [0.2, 0.25) is 0 Å². The summed E-state index contributed by atoms with van der Waals surface area (Å²) >= 11 is 0. The summed E-state index contributed by atoms with van der Waals surface area (Å²) < 4.78 is 0. The normalized spacial score (nSPS) is 44.6. The zero-order chi connectivity index (χ0) is 9.60. The zero-order valence-corrected chi connectivity index (χ0v) is 10.5. The Morgan fingerprint density at radius 2 is 2.20 bits per heavy atom. The lowest BCUT2D eigenvalue weighted by molar-refractivity contribution is 0.263. The van der Waals surface area contributed by atoms with Gasteiger partial charge in [0.25, 0.3) is 0 Å². The molecule has 2 heterocycles. The lowest BCUT2D eigenvalue weighted by atomic mass is 9.87. The monoisotopic (exact) mass is 230 g/mol. The Hall–Kier alpha value is 0.210. The van der Waals surface area contributed by atoms with Gasteiger partial charge in [0.15, 0.2) is 0 Å². The van der Waals surface area contributed by atoms with E-state index in [0.29, 0.717) is 5.41 Å². The molecule has 3 rings (SSSR count). The van der Waals surface area contributed by atoms with E-state index in [-0.39, 0.29) is 12.4 Å². The first kappa shape index (κ1) is 11.7. The Bertz CT molecular complexity index is 226. The van der Waals surface area contributed by atoms with Crippen LogP contribution in [-0.2, 0) is 0 Å². The van der Waals surface area contributed by atoms with E-state index in [9.17, 15) is 0 Å². The molecular formula is C12H23ClN2. The third kappa shape index (κ3) is 2.32. The van der Waals surface area contributed by atoms with E-state index < -0.39 is 0 Å². The lowest BCUT2D eigenvalue weighted by Crippen LogP contribution is -2.30. The van der Waals surface area contributed by atoms with Crippen LogP contribution in [0.2, 0.25) is 0 Å². The molecule has 2 saturated heterocycles. The Morgan fingerprint density at radius 3 is 2.80 bits per heavy atom. The highest BCUT2D eigenvalue weighted by molar-refractivity contribution is 5.85. The van der Waals surface area contributed by atoms with Crippen molar-refractivity contribution >= 4 is 12.4 Å². The van der Waals surface area contributed by atoms with Crippen LogP contribution in [0.25, 0.3) is 0 Å². The van der Waals surface area contributed by atoms with Crippen LogP contribution in [-0.4, -0.2) is 37.6 Å². The van der Waals surface area contributed by atoms with Crippen LogP contribution in [0.5, 0.6) is 0 Å². The standard InChI is InChI=1S/C12H22N2.ClH/c1-10-6-11(10)7-14-5-3-12(9-14)2-4-13-8-12;/h10-11,13H,2-9H2,1H3;1H. The maximum Gasteiger partial charge on any atom is 0.00512 e. The number of likely N-dealkylation sites (tertiary alicyclic amines) is 1. The third-order valence-electron chi connectivity index (χ3n) is 4.62. The molecule has 1 N–H and O–H groups in total. The van der Waals surface area contributed by atoms with Crippen molar-refractivity contribution in [3.63, 3.8) is 0 Å². The first-order valence-corrected chi connectivity index (χ1v) is 6.21. The predicted octanol–water partition coefficient (Wildman–Crippen LogP) is 1.75. The van der Waals surface area contributed by atoms with Gasteiger partial charge in [-0.2, -0.15) is 0 Å². The van der Waals surface area contributed by atoms with Gasteiger partial charge >= 0.3 is 0 Å². The first-order valence-electron chi connectivity index (χ1n) is 6.21. The molecule has 0 amide bonds. The second-order valence-corrected chi connectivity index (χ2v) is 5.88. The van der Waals surface area contributed by atoms with Crippen molar-refractivity contribution in [2.45, 2.75) is 26.2 Å². The quantitative estimate of drug-likeness (QED) is 0.778. The number of nitrogens with one attached hydrogen (secondary N) is 1. The van der Waals surface area contributed by atoms with Crippen LogP contribution in [0.15, 0.2) is 0 Å². The Balaban J connectivity index is 0.000000853. The van der Waals surface area contributed by atoms with Gasteiger partial charge in [-0.05, 0) is 49.6 Å². The van der Waals surface area contributed by atoms with Gasteiger partial charge in [-0.3, -0.25) is 0 Å². The Kier molecular flexibility index (Phi) is 3.30.